The second-order valence-corrected chi connectivity index (χ2v) is 4.63. The largest absolute Gasteiger partial charge is 0.307 e. The van der Waals surface area contributed by atoms with Crippen molar-refractivity contribution in [3.63, 3.8) is 0 Å². The summed E-state index contributed by atoms with van der Waals surface area (Å²) in [6, 6.07) is 2.19. The first-order valence-electron chi connectivity index (χ1n) is 6.81. The van der Waals surface area contributed by atoms with Crippen molar-refractivity contribution in [3.8, 4) is 0 Å². The Bertz CT molecular complexity index is 527. The third kappa shape index (κ3) is 2.68. The second kappa shape index (κ2) is 5.97. The Labute approximate surface area is 113 Å². The quantitative estimate of drug-likeness (QED) is 0.857. The van der Waals surface area contributed by atoms with E-state index in [1.54, 1.807) is 0 Å². The van der Waals surface area contributed by atoms with Crippen LogP contribution in [0.25, 0.3) is 0 Å². The maximum Gasteiger partial charge on any atom is 0.0932 e. The lowest BCUT2D eigenvalue weighted by Crippen LogP contribution is -2.24. The lowest BCUT2D eigenvalue weighted by atomic mass is 10.1. The molecule has 0 aliphatic carbocycles. The predicted molar refractivity (Wildman–Crippen MR) is 73.9 cm³/mol. The highest BCUT2D eigenvalue weighted by Gasteiger charge is 2.21. The maximum atomic E-state index is 4.51. The molecule has 1 N–H and O–H groups in total. The van der Waals surface area contributed by atoms with Gasteiger partial charge in [0.25, 0.3) is 0 Å². The van der Waals surface area contributed by atoms with E-state index in [1.165, 1.54) is 0 Å². The molecule has 2 rings (SSSR count). The van der Waals surface area contributed by atoms with Crippen LogP contribution in [0, 0.1) is 6.92 Å². The van der Waals surface area contributed by atoms with Gasteiger partial charge in [-0.25, -0.2) is 4.68 Å². The fourth-order valence-corrected chi connectivity index (χ4v) is 2.37. The Morgan fingerprint density at radius 2 is 2.05 bits per heavy atom. The van der Waals surface area contributed by atoms with Gasteiger partial charge in [0, 0.05) is 13.1 Å². The number of aromatic nitrogens is 5. The fraction of sp³-hybridized carbons (Fsp3) is 0.615. The first-order chi connectivity index (χ1) is 9.21. The minimum Gasteiger partial charge on any atom is -0.307 e. The SMILES string of the molecule is CCCn1nncc1C(NC)c1cc(C)nn1CC. The maximum absolute atomic E-state index is 4.51. The third-order valence-electron chi connectivity index (χ3n) is 3.20. The minimum atomic E-state index is 0.0719. The topological polar surface area (TPSA) is 60.6 Å². The molecule has 2 aromatic heterocycles. The number of hydrogen-bond acceptors (Lipinski definition) is 4. The average molecular weight is 262 g/mol. The summed E-state index contributed by atoms with van der Waals surface area (Å²) in [5, 5.41) is 16.1. The highest BCUT2D eigenvalue weighted by Crippen LogP contribution is 2.22. The molecule has 0 aromatic carbocycles. The molecule has 6 nitrogen and oxygen atoms in total. The molecule has 6 heteroatoms. The van der Waals surface area contributed by atoms with E-state index in [4.69, 9.17) is 0 Å². The van der Waals surface area contributed by atoms with E-state index in [9.17, 15) is 0 Å². The van der Waals surface area contributed by atoms with Gasteiger partial charge < -0.3 is 5.32 Å². The molecule has 0 amide bonds. The second-order valence-electron chi connectivity index (χ2n) is 4.63. The van der Waals surface area contributed by atoms with Crippen molar-refractivity contribution >= 4 is 0 Å². The molecule has 1 atom stereocenters. The Balaban J connectivity index is 2.40. The zero-order valence-electron chi connectivity index (χ0n) is 12.1. The molecule has 2 aromatic rings. The zero-order chi connectivity index (χ0) is 13.8. The van der Waals surface area contributed by atoms with E-state index in [-0.39, 0.29) is 6.04 Å². The number of nitrogens with one attached hydrogen (secondary N) is 1. The highest BCUT2D eigenvalue weighted by molar-refractivity contribution is 5.22. The van der Waals surface area contributed by atoms with Gasteiger partial charge in [-0.15, -0.1) is 5.10 Å². The Kier molecular flexibility index (Phi) is 4.31. The summed E-state index contributed by atoms with van der Waals surface area (Å²) in [5.74, 6) is 0. The summed E-state index contributed by atoms with van der Waals surface area (Å²) >= 11 is 0. The number of nitrogens with zero attached hydrogens (tertiary/aromatic N) is 5. The summed E-state index contributed by atoms with van der Waals surface area (Å²) in [7, 11) is 1.95. The zero-order valence-corrected chi connectivity index (χ0v) is 12.1. The van der Waals surface area contributed by atoms with E-state index < -0.39 is 0 Å². The molecule has 0 aliphatic rings. The van der Waals surface area contributed by atoms with E-state index in [1.807, 2.05) is 29.5 Å². The van der Waals surface area contributed by atoms with Crippen LogP contribution in [-0.2, 0) is 13.1 Å². The Hall–Kier alpha value is -1.69. The van der Waals surface area contributed by atoms with Crippen molar-refractivity contribution < 1.29 is 0 Å². The minimum absolute atomic E-state index is 0.0719. The smallest absolute Gasteiger partial charge is 0.0932 e. The van der Waals surface area contributed by atoms with Crippen molar-refractivity contribution in [2.75, 3.05) is 7.05 Å². The summed E-state index contributed by atoms with van der Waals surface area (Å²) < 4.78 is 3.99. The van der Waals surface area contributed by atoms with E-state index >= 15 is 0 Å². The molecular weight excluding hydrogens is 240 g/mol. The molecule has 0 spiro atoms. The molecule has 0 saturated carbocycles. The van der Waals surface area contributed by atoms with Crippen molar-refractivity contribution in [1.29, 1.82) is 0 Å². The first-order valence-corrected chi connectivity index (χ1v) is 6.81. The van der Waals surface area contributed by atoms with Crippen molar-refractivity contribution in [2.45, 2.75) is 46.3 Å². The van der Waals surface area contributed by atoms with Crippen molar-refractivity contribution in [3.05, 3.63) is 29.3 Å². The average Bonchev–Trinajstić information content (AvgIpc) is 2.99. The summed E-state index contributed by atoms with van der Waals surface area (Å²) in [6.07, 6.45) is 2.87. The Morgan fingerprint density at radius 3 is 2.68 bits per heavy atom. The molecule has 2 heterocycles. The fourth-order valence-electron chi connectivity index (χ4n) is 2.37. The van der Waals surface area contributed by atoms with Gasteiger partial charge in [0.1, 0.15) is 0 Å². The van der Waals surface area contributed by atoms with Gasteiger partial charge >= 0.3 is 0 Å². The highest BCUT2D eigenvalue weighted by atomic mass is 15.4. The van der Waals surface area contributed by atoms with Gasteiger partial charge in [-0.1, -0.05) is 12.1 Å². The van der Waals surface area contributed by atoms with Gasteiger partial charge in [0.2, 0.25) is 0 Å². The summed E-state index contributed by atoms with van der Waals surface area (Å²) in [6.45, 7) is 8.00. The first kappa shape index (κ1) is 13.7. The molecule has 19 heavy (non-hydrogen) atoms. The van der Waals surface area contributed by atoms with Crippen LogP contribution in [0.1, 0.15) is 43.4 Å². The molecule has 0 saturated heterocycles. The Morgan fingerprint density at radius 1 is 1.26 bits per heavy atom. The van der Waals surface area contributed by atoms with E-state index in [2.05, 4.69) is 40.6 Å². The molecule has 0 bridgehead atoms. The van der Waals surface area contributed by atoms with Gasteiger partial charge in [-0.2, -0.15) is 5.10 Å². The molecule has 104 valence electrons. The van der Waals surface area contributed by atoms with Crippen LogP contribution >= 0.6 is 0 Å². The molecule has 1 unspecified atom stereocenters. The summed E-state index contributed by atoms with van der Waals surface area (Å²) in [5.41, 5.74) is 3.27. The monoisotopic (exact) mass is 262 g/mol. The van der Waals surface area contributed by atoms with Crippen LogP contribution in [0.3, 0.4) is 0 Å². The molecule has 0 radical (unpaired) electrons. The van der Waals surface area contributed by atoms with Crippen LogP contribution in [-0.4, -0.2) is 31.8 Å². The lowest BCUT2D eigenvalue weighted by molar-refractivity contribution is 0.498. The number of hydrogen-bond donors (Lipinski definition) is 1. The normalized spacial score (nSPS) is 12.8. The van der Waals surface area contributed by atoms with Gasteiger partial charge in [-0.3, -0.25) is 4.68 Å². The molecule has 0 fully saturated rings. The van der Waals surface area contributed by atoms with Crippen molar-refractivity contribution in [2.24, 2.45) is 0 Å². The molecule has 0 aliphatic heterocycles. The van der Waals surface area contributed by atoms with Crippen LogP contribution in [0.4, 0.5) is 0 Å². The standard InChI is InChI=1S/C13H22N6/c1-5-7-19-12(9-15-17-19)13(14-4)11-8-10(3)16-18(11)6-2/h8-9,13-14H,5-7H2,1-4H3. The van der Waals surface area contributed by atoms with E-state index in [0.717, 1.165) is 36.6 Å². The van der Waals surface area contributed by atoms with Gasteiger partial charge in [-0.05, 0) is 33.4 Å². The third-order valence-corrected chi connectivity index (χ3v) is 3.20. The number of aryl methyl sites for hydroxylation is 3. The van der Waals surface area contributed by atoms with Crippen LogP contribution in [0.15, 0.2) is 12.3 Å². The van der Waals surface area contributed by atoms with Crippen LogP contribution < -0.4 is 5.32 Å². The van der Waals surface area contributed by atoms with Crippen molar-refractivity contribution in [1.82, 2.24) is 30.1 Å². The van der Waals surface area contributed by atoms with Gasteiger partial charge in [0.15, 0.2) is 0 Å². The van der Waals surface area contributed by atoms with Gasteiger partial charge in [0.05, 0.1) is 29.3 Å². The molecular formula is C13H22N6. The van der Waals surface area contributed by atoms with Crippen LogP contribution in [0.2, 0.25) is 0 Å². The predicted octanol–water partition coefficient (Wildman–Crippen LogP) is 1.52. The van der Waals surface area contributed by atoms with Crippen LogP contribution in [0.5, 0.6) is 0 Å². The lowest BCUT2D eigenvalue weighted by Gasteiger charge is -2.18. The van der Waals surface area contributed by atoms with E-state index in [0.29, 0.717) is 0 Å². The number of rotatable bonds is 6. The summed E-state index contributed by atoms with van der Waals surface area (Å²) in [4.78, 5) is 0.